The van der Waals surface area contributed by atoms with Crippen molar-refractivity contribution < 1.29 is 21.6 Å². The van der Waals surface area contributed by atoms with Crippen LogP contribution in [0.2, 0.25) is 0 Å². The van der Waals surface area contributed by atoms with Crippen molar-refractivity contribution in [1.82, 2.24) is 14.3 Å². The number of carbonyl (C=O) groups is 1. The molecule has 1 aliphatic heterocycles. The molecule has 1 amide bonds. The Morgan fingerprint density at radius 1 is 1.03 bits per heavy atom. The summed E-state index contributed by atoms with van der Waals surface area (Å²) < 4.78 is 54.8. The van der Waals surface area contributed by atoms with Gasteiger partial charge in [-0.1, -0.05) is 30.3 Å². The number of rotatable bonds is 10. The Labute approximate surface area is 223 Å². The number of hydrogen-bond donors (Lipinski definition) is 2. The number of aryl methyl sites for hydroxylation is 2. The molecule has 1 saturated heterocycles. The van der Waals surface area contributed by atoms with E-state index in [9.17, 15) is 21.6 Å². The first-order chi connectivity index (χ1) is 18.1. The minimum Gasteiger partial charge on any atom is -0.326 e. The van der Waals surface area contributed by atoms with Gasteiger partial charge in [0.25, 0.3) is 10.0 Å². The van der Waals surface area contributed by atoms with Crippen molar-refractivity contribution in [3.63, 3.8) is 0 Å². The van der Waals surface area contributed by atoms with E-state index in [1.807, 2.05) is 30.3 Å². The summed E-state index contributed by atoms with van der Waals surface area (Å²) in [7, 11) is -7.38. The second-order valence-corrected chi connectivity index (χ2v) is 13.0. The molecular formula is C26H31N5O5S2. The summed E-state index contributed by atoms with van der Waals surface area (Å²) in [5, 5.41) is 2.78. The Bertz CT molecular complexity index is 1460. The maximum absolute atomic E-state index is 12.9. The third-order valence-corrected chi connectivity index (χ3v) is 9.58. The topological polar surface area (TPSA) is 138 Å². The van der Waals surface area contributed by atoms with Crippen LogP contribution in [0.1, 0.15) is 30.5 Å². The lowest BCUT2D eigenvalue weighted by atomic mass is 9.99. The van der Waals surface area contributed by atoms with Crippen LogP contribution in [0.15, 0.2) is 71.8 Å². The third kappa shape index (κ3) is 7.36. The molecule has 0 bridgehead atoms. The summed E-state index contributed by atoms with van der Waals surface area (Å²) in [6.07, 6.45) is 3.83. The molecule has 0 radical (unpaired) electrons. The summed E-state index contributed by atoms with van der Waals surface area (Å²) in [5.74, 6) is -0.778. The molecule has 0 saturated carbocycles. The number of nitrogens with zero attached hydrogens (tertiary/aromatic N) is 3. The van der Waals surface area contributed by atoms with Gasteiger partial charge in [0.05, 0.1) is 16.6 Å². The van der Waals surface area contributed by atoms with Gasteiger partial charge in [-0.05, 0) is 68.5 Å². The van der Waals surface area contributed by atoms with Crippen LogP contribution in [0.25, 0.3) is 0 Å². The Balaban J connectivity index is 1.32. The van der Waals surface area contributed by atoms with Crippen molar-refractivity contribution in [2.75, 3.05) is 28.9 Å². The second kappa shape index (κ2) is 12.0. The molecule has 1 fully saturated rings. The normalized spacial score (nSPS) is 16.6. The predicted molar refractivity (Wildman–Crippen MR) is 145 cm³/mol. The van der Waals surface area contributed by atoms with E-state index in [-0.39, 0.29) is 29.0 Å². The Morgan fingerprint density at radius 2 is 1.76 bits per heavy atom. The second-order valence-electron chi connectivity index (χ2n) is 9.24. The SMILES string of the molecule is Cc1ccnc(NS(=O)(=O)c2ccc(NC(=O)[C@@H]3CCCN(S(=O)(=O)CCCc4ccccc4)C3)cc2)n1. The molecule has 38 heavy (non-hydrogen) atoms. The molecule has 1 aliphatic rings. The number of nitrogens with one attached hydrogen (secondary N) is 2. The number of anilines is 2. The van der Waals surface area contributed by atoms with Gasteiger partial charge in [-0.25, -0.2) is 35.8 Å². The van der Waals surface area contributed by atoms with Crippen molar-refractivity contribution in [2.24, 2.45) is 5.92 Å². The molecule has 2 N–H and O–H groups in total. The minimum atomic E-state index is -3.91. The monoisotopic (exact) mass is 557 g/mol. The molecule has 202 valence electrons. The molecule has 12 heteroatoms. The number of piperidine rings is 1. The van der Waals surface area contributed by atoms with E-state index in [0.29, 0.717) is 43.6 Å². The van der Waals surface area contributed by atoms with Gasteiger partial charge in [0.15, 0.2) is 0 Å². The zero-order valence-corrected chi connectivity index (χ0v) is 22.7. The standard InChI is InChI=1S/C26H31N5O5S2/c1-20-15-16-27-26(28-20)30-38(35,36)24-13-11-23(12-14-24)29-25(32)22-10-5-17-31(19-22)37(33,34)18-6-9-21-7-3-2-4-8-21/h2-4,7-8,11-16,22H,5-6,9-10,17-19H2,1H3,(H,29,32)(H,27,28,30)/t22-/m1/s1. The van der Waals surface area contributed by atoms with Crippen molar-refractivity contribution in [3.8, 4) is 0 Å². The predicted octanol–water partition coefficient (Wildman–Crippen LogP) is 3.20. The molecule has 10 nitrogen and oxygen atoms in total. The summed E-state index contributed by atoms with van der Waals surface area (Å²) in [6.45, 7) is 2.26. The highest BCUT2D eigenvalue weighted by Crippen LogP contribution is 2.23. The zero-order valence-electron chi connectivity index (χ0n) is 21.1. The number of hydrogen-bond acceptors (Lipinski definition) is 7. The Kier molecular flexibility index (Phi) is 8.75. The van der Waals surface area contributed by atoms with Gasteiger partial charge >= 0.3 is 0 Å². The average molecular weight is 558 g/mol. The fourth-order valence-electron chi connectivity index (χ4n) is 4.28. The van der Waals surface area contributed by atoms with Crippen LogP contribution in [-0.2, 0) is 31.3 Å². The number of amides is 1. The van der Waals surface area contributed by atoms with E-state index in [1.165, 1.54) is 34.8 Å². The highest BCUT2D eigenvalue weighted by Gasteiger charge is 2.32. The largest absolute Gasteiger partial charge is 0.326 e. The van der Waals surface area contributed by atoms with Crippen molar-refractivity contribution in [1.29, 1.82) is 0 Å². The number of sulfonamides is 2. The van der Waals surface area contributed by atoms with Gasteiger partial charge in [0, 0.05) is 30.7 Å². The van der Waals surface area contributed by atoms with Gasteiger partial charge in [0.2, 0.25) is 21.9 Å². The van der Waals surface area contributed by atoms with Crippen LogP contribution >= 0.6 is 0 Å². The van der Waals surface area contributed by atoms with Gasteiger partial charge < -0.3 is 5.32 Å². The molecule has 0 unspecified atom stereocenters. The van der Waals surface area contributed by atoms with E-state index in [0.717, 1.165) is 5.56 Å². The zero-order chi connectivity index (χ0) is 27.2. The summed E-state index contributed by atoms with van der Waals surface area (Å²) in [6, 6.07) is 17.1. The molecule has 3 aromatic rings. The van der Waals surface area contributed by atoms with Gasteiger partial charge in [0.1, 0.15) is 0 Å². The first-order valence-electron chi connectivity index (χ1n) is 12.4. The molecular weight excluding hydrogens is 526 g/mol. The average Bonchev–Trinajstić information content (AvgIpc) is 2.89. The van der Waals surface area contributed by atoms with Gasteiger partial charge in [-0.15, -0.1) is 0 Å². The third-order valence-electron chi connectivity index (χ3n) is 6.31. The lowest BCUT2D eigenvalue weighted by Gasteiger charge is -2.31. The maximum Gasteiger partial charge on any atom is 0.264 e. The number of benzene rings is 2. The van der Waals surface area contributed by atoms with Crippen LogP contribution in [0.5, 0.6) is 0 Å². The van der Waals surface area contributed by atoms with Crippen LogP contribution in [0.3, 0.4) is 0 Å². The molecule has 2 aromatic carbocycles. The first kappa shape index (κ1) is 27.7. The molecule has 2 heterocycles. The first-order valence-corrected chi connectivity index (χ1v) is 15.5. The smallest absolute Gasteiger partial charge is 0.264 e. The minimum absolute atomic E-state index is 0.00829. The van der Waals surface area contributed by atoms with Crippen molar-refractivity contribution in [2.45, 2.75) is 37.5 Å². The van der Waals surface area contributed by atoms with E-state index in [1.54, 1.807) is 13.0 Å². The van der Waals surface area contributed by atoms with Crippen molar-refractivity contribution >= 4 is 37.6 Å². The van der Waals surface area contributed by atoms with Crippen molar-refractivity contribution in [3.05, 3.63) is 78.1 Å². The molecule has 1 aromatic heterocycles. The lowest BCUT2D eigenvalue weighted by molar-refractivity contribution is -0.120. The Morgan fingerprint density at radius 3 is 2.47 bits per heavy atom. The fourth-order valence-corrected chi connectivity index (χ4v) is 6.81. The lowest BCUT2D eigenvalue weighted by Crippen LogP contribution is -2.44. The van der Waals surface area contributed by atoms with Gasteiger partial charge in [-0.2, -0.15) is 0 Å². The van der Waals surface area contributed by atoms with E-state index in [4.69, 9.17) is 0 Å². The van der Waals surface area contributed by atoms with Crippen LogP contribution in [0.4, 0.5) is 11.6 Å². The maximum atomic E-state index is 12.9. The quantitative estimate of drug-likeness (QED) is 0.390. The summed E-state index contributed by atoms with van der Waals surface area (Å²) in [4.78, 5) is 20.9. The molecule has 0 aliphatic carbocycles. The fraction of sp³-hybridized carbons (Fsp3) is 0.346. The Hall–Kier alpha value is -3.35. The highest BCUT2D eigenvalue weighted by molar-refractivity contribution is 7.92. The van der Waals surface area contributed by atoms with E-state index >= 15 is 0 Å². The number of aromatic nitrogens is 2. The summed E-state index contributed by atoms with van der Waals surface area (Å²) in [5.41, 5.74) is 2.14. The highest BCUT2D eigenvalue weighted by atomic mass is 32.2. The van der Waals surface area contributed by atoms with Gasteiger partial charge in [-0.3, -0.25) is 4.79 Å². The molecule has 1 atom stereocenters. The van der Waals surface area contributed by atoms with Crippen LogP contribution in [0, 0.1) is 12.8 Å². The van der Waals surface area contributed by atoms with E-state index in [2.05, 4.69) is 20.0 Å². The van der Waals surface area contributed by atoms with Crippen LogP contribution < -0.4 is 10.0 Å². The molecule has 0 spiro atoms. The summed E-state index contributed by atoms with van der Waals surface area (Å²) >= 11 is 0. The van der Waals surface area contributed by atoms with Crippen LogP contribution in [-0.4, -0.2) is 55.9 Å². The molecule has 4 rings (SSSR count). The number of carbonyl (C=O) groups excluding carboxylic acids is 1. The van der Waals surface area contributed by atoms with E-state index < -0.39 is 26.0 Å².